The third-order valence-corrected chi connectivity index (χ3v) is 2.81. The fourth-order valence-corrected chi connectivity index (χ4v) is 1.66. The molecule has 0 saturated heterocycles. The Balaban J connectivity index is 2.66. The monoisotopic (exact) mass is 221 g/mol. The molecular weight excluding hydrogens is 202 g/mol. The Morgan fingerprint density at radius 1 is 1.38 bits per heavy atom. The molecule has 1 rings (SSSR count). The van der Waals surface area contributed by atoms with Gasteiger partial charge in [-0.25, -0.2) is 5.06 Å². The van der Waals surface area contributed by atoms with E-state index in [1.165, 1.54) is 17.7 Å². The molecular formula is C13H19NO2. The molecule has 0 fully saturated rings. The number of rotatable bonds is 5. The highest BCUT2D eigenvalue weighted by Crippen LogP contribution is 2.23. The minimum Gasteiger partial charge on any atom is -0.275 e. The van der Waals surface area contributed by atoms with Crippen molar-refractivity contribution >= 4 is 5.91 Å². The first-order valence-electron chi connectivity index (χ1n) is 5.54. The molecule has 1 aromatic rings. The average Bonchev–Trinajstić information content (AvgIpc) is 2.35. The molecule has 0 saturated carbocycles. The summed E-state index contributed by atoms with van der Waals surface area (Å²) in [5.41, 5.74) is 1.21. The molecule has 0 aliphatic heterocycles. The zero-order chi connectivity index (χ0) is 12.0. The maximum Gasteiger partial charge on any atom is 0.246 e. The van der Waals surface area contributed by atoms with Crippen molar-refractivity contribution in [2.45, 2.75) is 25.7 Å². The van der Waals surface area contributed by atoms with Crippen LogP contribution < -0.4 is 0 Å². The van der Waals surface area contributed by atoms with Crippen LogP contribution in [0.2, 0.25) is 0 Å². The van der Waals surface area contributed by atoms with E-state index in [9.17, 15) is 4.79 Å². The van der Waals surface area contributed by atoms with Gasteiger partial charge in [0.05, 0.1) is 7.11 Å². The van der Waals surface area contributed by atoms with E-state index in [4.69, 9.17) is 4.84 Å². The Kier molecular flexibility index (Phi) is 4.99. The third-order valence-electron chi connectivity index (χ3n) is 2.81. The van der Waals surface area contributed by atoms with Gasteiger partial charge in [0, 0.05) is 13.5 Å². The number of hydroxylamine groups is 2. The fourth-order valence-electron chi connectivity index (χ4n) is 1.66. The molecule has 0 aliphatic carbocycles. The lowest BCUT2D eigenvalue weighted by molar-refractivity contribution is -0.169. The Morgan fingerprint density at radius 3 is 2.50 bits per heavy atom. The summed E-state index contributed by atoms with van der Waals surface area (Å²) >= 11 is 0. The summed E-state index contributed by atoms with van der Waals surface area (Å²) in [5, 5.41) is 1.28. The van der Waals surface area contributed by atoms with Crippen LogP contribution in [0, 0.1) is 0 Å². The normalized spacial score (nSPS) is 12.2. The Bertz CT molecular complexity index is 324. The highest BCUT2D eigenvalue weighted by molar-refractivity contribution is 5.75. The van der Waals surface area contributed by atoms with Crippen LogP contribution in [0.1, 0.15) is 31.2 Å². The second kappa shape index (κ2) is 6.28. The molecule has 88 valence electrons. The van der Waals surface area contributed by atoms with Gasteiger partial charge in [-0.05, 0) is 17.9 Å². The molecule has 0 heterocycles. The third kappa shape index (κ3) is 3.35. The molecule has 0 aliphatic rings. The predicted octanol–water partition coefficient (Wildman–Crippen LogP) is 2.59. The van der Waals surface area contributed by atoms with Crippen LogP contribution >= 0.6 is 0 Å². The van der Waals surface area contributed by atoms with Crippen molar-refractivity contribution in [1.82, 2.24) is 5.06 Å². The van der Waals surface area contributed by atoms with Crippen molar-refractivity contribution in [3.8, 4) is 0 Å². The number of hydrogen-bond donors (Lipinski definition) is 0. The Labute approximate surface area is 97.0 Å². The van der Waals surface area contributed by atoms with E-state index in [1.807, 2.05) is 18.2 Å². The Hall–Kier alpha value is -1.35. The van der Waals surface area contributed by atoms with Gasteiger partial charge in [0.2, 0.25) is 5.91 Å². The van der Waals surface area contributed by atoms with Crippen LogP contribution in [0.4, 0.5) is 0 Å². The van der Waals surface area contributed by atoms with Gasteiger partial charge < -0.3 is 0 Å². The maximum atomic E-state index is 11.7. The van der Waals surface area contributed by atoms with E-state index in [0.29, 0.717) is 6.42 Å². The maximum absolute atomic E-state index is 11.7. The van der Waals surface area contributed by atoms with Gasteiger partial charge in [-0.3, -0.25) is 9.63 Å². The summed E-state index contributed by atoms with van der Waals surface area (Å²) in [6.07, 6.45) is 1.44. The Morgan fingerprint density at radius 2 is 2.00 bits per heavy atom. The lowest BCUT2D eigenvalue weighted by Crippen LogP contribution is -2.26. The lowest BCUT2D eigenvalue weighted by Gasteiger charge is -2.19. The topological polar surface area (TPSA) is 29.5 Å². The number of nitrogens with zero attached hydrogens (tertiary/aromatic N) is 1. The smallest absolute Gasteiger partial charge is 0.246 e. The zero-order valence-corrected chi connectivity index (χ0v) is 10.1. The molecule has 0 aromatic heterocycles. The highest BCUT2D eigenvalue weighted by atomic mass is 16.7. The van der Waals surface area contributed by atoms with E-state index in [1.54, 1.807) is 7.05 Å². The summed E-state index contributed by atoms with van der Waals surface area (Å²) < 4.78 is 0. The van der Waals surface area contributed by atoms with Gasteiger partial charge in [-0.1, -0.05) is 37.3 Å². The molecule has 0 N–H and O–H groups in total. The molecule has 1 aromatic carbocycles. The number of amides is 1. The van der Waals surface area contributed by atoms with Crippen molar-refractivity contribution < 1.29 is 9.63 Å². The van der Waals surface area contributed by atoms with Crippen LogP contribution in [-0.2, 0) is 9.63 Å². The molecule has 3 heteroatoms. The number of hydrogen-bond acceptors (Lipinski definition) is 2. The van der Waals surface area contributed by atoms with Crippen molar-refractivity contribution in [1.29, 1.82) is 0 Å². The largest absolute Gasteiger partial charge is 0.275 e. The minimum atomic E-state index is 0.0122. The molecule has 1 atom stereocenters. The van der Waals surface area contributed by atoms with Crippen LogP contribution in [0.25, 0.3) is 0 Å². The van der Waals surface area contributed by atoms with Gasteiger partial charge in [0.1, 0.15) is 0 Å². The average molecular weight is 221 g/mol. The summed E-state index contributed by atoms with van der Waals surface area (Å²) in [4.78, 5) is 16.6. The van der Waals surface area contributed by atoms with Crippen LogP contribution in [0.15, 0.2) is 30.3 Å². The van der Waals surface area contributed by atoms with Crippen molar-refractivity contribution in [2.24, 2.45) is 0 Å². The molecule has 16 heavy (non-hydrogen) atoms. The second-order valence-corrected chi connectivity index (χ2v) is 3.79. The standard InChI is InChI=1S/C13H19NO2/c1-4-11(10-13(15)14(2)16-3)12-8-6-5-7-9-12/h5-9,11H,4,10H2,1-3H3. The summed E-state index contributed by atoms with van der Waals surface area (Å²) in [6.45, 7) is 2.09. The number of benzene rings is 1. The van der Waals surface area contributed by atoms with Crippen LogP contribution in [-0.4, -0.2) is 25.1 Å². The second-order valence-electron chi connectivity index (χ2n) is 3.79. The molecule has 1 unspecified atom stereocenters. The van der Waals surface area contributed by atoms with Crippen LogP contribution in [0.3, 0.4) is 0 Å². The number of carbonyl (C=O) groups excluding carboxylic acids is 1. The van der Waals surface area contributed by atoms with Gasteiger partial charge in [0.15, 0.2) is 0 Å². The van der Waals surface area contributed by atoms with Gasteiger partial charge in [-0.15, -0.1) is 0 Å². The first-order chi connectivity index (χ1) is 7.69. The lowest BCUT2D eigenvalue weighted by atomic mass is 9.93. The molecule has 3 nitrogen and oxygen atoms in total. The van der Waals surface area contributed by atoms with Crippen molar-refractivity contribution in [3.05, 3.63) is 35.9 Å². The van der Waals surface area contributed by atoms with E-state index in [2.05, 4.69) is 19.1 Å². The van der Waals surface area contributed by atoms with Crippen molar-refractivity contribution in [3.63, 3.8) is 0 Å². The summed E-state index contributed by atoms with van der Waals surface area (Å²) in [5.74, 6) is 0.282. The van der Waals surface area contributed by atoms with Crippen molar-refractivity contribution in [2.75, 3.05) is 14.2 Å². The van der Waals surface area contributed by atoms with E-state index in [-0.39, 0.29) is 11.8 Å². The minimum absolute atomic E-state index is 0.0122. The molecule has 1 amide bonds. The molecule has 0 spiro atoms. The first kappa shape index (κ1) is 12.7. The SMILES string of the molecule is CCC(CC(=O)N(C)OC)c1ccccc1. The fraction of sp³-hybridized carbons (Fsp3) is 0.462. The van der Waals surface area contributed by atoms with Crippen LogP contribution in [0.5, 0.6) is 0 Å². The zero-order valence-electron chi connectivity index (χ0n) is 10.1. The number of carbonyl (C=O) groups is 1. The quantitative estimate of drug-likeness (QED) is 0.715. The van der Waals surface area contributed by atoms with Gasteiger partial charge in [0.25, 0.3) is 0 Å². The van der Waals surface area contributed by atoms with E-state index in [0.717, 1.165) is 6.42 Å². The van der Waals surface area contributed by atoms with E-state index >= 15 is 0 Å². The molecule has 0 radical (unpaired) electrons. The molecule has 0 bridgehead atoms. The summed E-state index contributed by atoms with van der Waals surface area (Å²) in [6, 6.07) is 10.1. The van der Waals surface area contributed by atoms with Gasteiger partial charge in [-0.2, -0.15) is 0 Å². The summed E-state index contributed by atoms with van der Waals surface area (Å²) in [7, 11) is 3.14. The van der Waals surface area contributed by atoms with E-state index < -0.39 is 0 Å². The first-order valence-corrected chi connectivity index (χ1v) is 5.54. The van der Waals surface area contributed by atoms with Gasteiger partial charge >= 0.3 is 0 Å². The predicted molar refractivity (Wildman–Crippen MR) is 63.9 cm³/mol. The highest BCUT2D eigenvalue weighted by Gasteiger charge is 2.16.